The predicted octanol–water partition coefficient (Wildman–Crippen LogP) is 2.92. The summed E-state index contributed by atoms with van der Waals surface area (Å²) in [7, 11) is 0. The first-order valence-corrected chi connectivity index (χ1v) is 4.18. The molecule has 0 aromatic heterocycles. The topological polar surface area (TPSA) is 0 Å². The van der Waals surface area contributed by atoms with Crippen LogP contribution in [0.15, 0.2) is 23.8 Å². The molecule has 0 nitrogen and oxygen atoms in total. The molecule has 0 fully saturated rings. The van der Waals surface area contributed by atoms with E-state index in [1.165, 1.54) is 19.3 Å². The Morgan fingerprint density at radius 2 is 2.10 bits per heavy atom. The van der Waals surface area contributed by atoms with Crippen LogP contribution in [0.1, 0.15) is 26.2 Å². The molecule has 2 aliphatic carbocycles. The lowest BCUT2D eigenvalue weighted by molar-refractivity contribution is 0.413. The second-order valence-electron chi connectivity index (χ2n) is 3.58. The molecular formula is C10H14. The van der Waals surface area contributed by atoms with Crippen LogP contribution in [0.25, 0.3) is 0 Å². The Morgan fingerprint density at radius 1 is 1.30 bits per heavy atom. The van der Waals surface area contributed by atoms with Crippen molar-refractivity contribution >= 4 is 0 Å². The monoisotopic (exact) mass is 134 g/mol. The van der Waals surface area contributed by atoms with Gasteiger partial charge in [0, 0.05) is 0 Å². The van der Waals surface area contributed by atoms with Gasteiger partial charge in [0.05, 0.1) is 0 Å². The molecule has 2 rings (SSSR count). The van der Waals surface area contributed by atoms with Crippen molar-refractivity contribution in [3.05, 3.63) is 23.8 Å². The van der Waals surface area contributed by atoms with E-state index in [1.807, 2.05) is 0 Å². The summed E-state index contributed by atoms with van der Waals surface area (Å²) in [5.41, 5.74) is 1.61. The van der Waals surface area contributed by atoms with E-state index in [1.54, 1.807) is 5.57 Å². The van der Waals surface area contributed by atoms with Crippen molar-refractivity contribution in [2.45, 2.75) is 26.2 Å². The molecule has 0 radical (unpaired) electrons. The molecule has 2 unspecified atom stereocenters. The van der Waals surface area contributed by atoms with Crippen molar-refractivity contribution in [2.75, 3.05) is 0 Å². The molecule has 2 atom stereocenters. The number of hydrogen-bond donors (Lipinski definition) is 0. The predicted molar refractivity (Wildman–Crippen MR) is 43.7 cm³/mol. The standard InChI is InChI=1S/C10H14/c1-8-6-9-4-2-3-5-10(9)7-8/h2-3,6,9-10H,4-5,7H2,1H3. The van der Waals surface area contributed by atoms with Crippen LogP contribution < -0.4 is 0 Å². The summed E-state index contributed by atoms with van der Waals surface area (Å²) < 4.78 is 0. The fourth-order valence-electron chi connectivity index (χ4n) is 2.18. The van der Waals surface area contributed by atoms with E-state index in [2.05, 4.69) is 25.2 Å². The molecule has 0 N–H and O–H groups in total. The lowest BCUT2D eigenvalue weighted by Gasteiger charge is -2.19. The van der Waals surface area contributed by atoms with Gasteiger partial charge in [0.2, 0.25) is 0 Å². The Kier molecular flexibility index (Phi) is 1.40. The lowest BCUT2D eigenvalue weighted by Crippen LogP contribution is -2.09. The summed E-state index contributed by atoms with van der Waals surface area (Å²) in [6, 6.07) is 0. The smallest absolute Gasteiger partial charge is 0.0162 e. The van der Waals surface area contributed by atoms with Crippen molar-refractivity contribution in [2.24, 2.45) is 11.8 Å². The fraction of sp³-hybridized carbons (Fsp3) is 0.600. The highest BCUT2D eigenvalue weighted by Gasteiger charge is 2.25. The van der Waals surface area contributed by atoms with Crippen LogP contribution in [0.5, 0.6) is 0 Å². The zero-order valence-corrected chi connectivity index (χ0v) is 6.51. The quantitative estimate of drug-likeness (QED) is 0.447. The van der Waals surface area contributed by atoms with Crippen molar-refractivity contribution in [3.8, 4) is 0 Å². The largest absolute Gasteiger partial charge is 0.0882 e. The molecule has 54 valence electrons. The molecule has 0 aliphatic heterocycles. The van der Waals surface area contributed by atoms with Gasteiger partial charge in [-0.25, -0.2) is 0 Å². The van der Waals surface area contributed by atoms with Gasteiger partial charge in [-0.3, -0.25) is 0 Å². The second kappa shape index (κ2) is 2.26. The van der Waals surface area contributed by atoms with Crippen LogP contribution >= 0.6 is 0 Å². The Hall–Kier alpha value is -0.520. The minimum absolute atomic E-state index is 0.894. The maximum atomic E-state index is 2.47. The normalized spacial score (nSPS) is 37.5. The van der Waals surface area contributed by atoms with E-state index in [-0.39, 0.29) is 0 Å². The van der Waals surface area contributed by atoms with Gasteiger partial charge in [-0.1, -0.05) is 23.8 Å². The van der Waals surface area contributed by atoms with Crippen LogP contribution in [0.4, 0.5) is 0 Å². The lowest BCUT2D eigenvalue weighted by atomic mass is 9.86. The summed E-state index contributed by atoms with van der Waals surface area (Å²) in [6.07, 6.45) is 11.1. The van der Waals surface area contributed by atoms with Crippen LogP contribution in [0, 0.1) is 11.8 Å². The Labute approximate surface area is 62.6 Å². The van der Waals surface area contributed by atoms with Gasteiger partial charge in [-0.2, -0.15) is 0 Å². The van der Waals surface area contributed by atoms with Crippen molar-refractivity contribution < 1.29 is 0 Å². The summed E-state index contributed by atoms with van der Waals surface area (Å²) in [5.74, 6) is 1.86. The van der Waals surface area contributed by atoms with Gasteiger partial charge < -0.3 is 0 Å². The maximum Gasteiger partial charge on any atom is -0.0162 e. The average Bonchev–Trinajstić information content (AvgIpc) is 2.27. The molecule has 0 amide bonds. The summed E-state index contributed by atoms with van der Waals surface area (Å²) in [5, 5.41) is 0. The molecule has 0 saturated carbocycles. The fourth-order valence-corrected chi connectivity index (χ4v) is 2.18. The second-order valence-corrected chi connectivity index (χ2v) is 3.58. The maximum absolute atomic E-state index is 2.47. The van der Waals surface area contributed by atoms with E-state index in [0.717, 1.165) is 11.8 Å². The minimum Gasteiger partial charge on any atom is -0.0882 e. The number of fused-ring (bicyclic) bond motifs is 1. The summed E-state index contributed by atoms with van der Waals surface area (Å²) >= 11 is 0. The zero-order valence-electron chi connectivity index (χ0n) is 6.51. The highest BCUT2D eigenvalue weighted by atomic mass is 14.3. The Bertz CT molecular complexity index is 186. The van der Waals surface area contributed by atoms with Gasteiger partial charge in [-0.05, 0) is 38.0 Å². The van der Waals surface area contributed by atoms with Gasteiger partial charge in [0.1, 0.15) is 0 Å². The zero-order chi connectivity index (χ0) is 6.97. The van der Waals surface area contributed by atoms with Gasteiger partial charge in [0.15, 0.2) is 0 Å². The molecule has 0 bridgehead atoms. The third-order valence-corrected chi connectivity index (χ3v) is 2.70. The van der Waals surface area contributed by atoms with Crippen LogP contribution in [-0.4, -0.2) is 0 Å². The van der Waals surface area contributed by atoms with Crippen molar-refractivity contribution in [3.63, 3.8) is 0 Å². The summed E-state index contributed by atoms with van der Waals surface area (Å²) in [4.78, 5) is 0. The molecule has 0 aromatic carbocycles. The molecule has 0 heterocycles. The molecule has 0 saturated heterocycles. The Morgan fingerprint density at radius 3 is 2.90 bits per heavy atom. The SMILES string of the molecule is CC1=CC2CC=CCC2C1. The molecule has 10 heavy (non-hydrogen) atoms. The molecule has 0 heteroatoms. The van der Waals surface area contributed by atoms with Gasteiger partial charge in [0.25, 0.3) is 0 Å². The number of allylic oxidation sites excluding steroid dienone is 4. The Balaban J connectivity index is 2.14. The van der Waals surface area contributed by atoms with Crippen molar-refractivity contribution in [1.82, 2.24) is 0 Å². The first-order valence-electron chi connectivity index (χ1n) is 4.18. The third-order valence-electron chi connectivity index (χ3n) is 2.70. The van der Waals surface area contributed by atoms with Gasteiger partial charge in [-0.15, -0.1) is 0 Å². The summed E-state index contributed by atoms with van der Waals surface area (Å²) in [6.45, 7) is 2.26. The molecule has 2 aliphatic rings. The average molecular weight is 134 g/mol. The van der Waals surface area contributed by atoms with Crippen LogP contribution in [0.3, 0.4) is 0 Å². The number of rotatable bonds is 0. The first kappa shape index (κ1) is 6.21. The van der Waals surface area contributed by atoms with Crippen LogP contribution in [0.2, 0.25) is 0 Å². The molecular weight excluding hydrogens is 120 g/mol. The first-order chi connectivity index (χ1) is 4.86. The van der Waals surface area contributed by atoms with E-state index < -0.39 is 0 Å². The third kappa shape index (κ3) is 0.920. The van der Waals surface area contributed by atoms with Gasteiger partial charge >= 0.3 is 0 Å². The van der Waals surface area contributed by atoms with Crippen LogP contribution in [-0.2, 0) is 0 Å². The highest BCUT2D eigenvalue weighted by molar-refractivity contribution is 5.15. The van der Waals surface area contributed by atoms with E-state index in [9.17, 15) is 0 Å². The van der Waals surface area contributed by atoms with Crippen molar-refractivity contribution in [1.29, 1.82) is 0 Å². The van der Waals surface area contributed by atoms with E-state index in [4.69, 9.17) is 0 Å². The molecule has 0 aromatic rings. The highest BCUT2D eigenvalue weighted by Crippen LogP contribution is 2.37. The number of hydrogen-bond acceptors (Lipinski definition) is 0. The van der Waals surface area contributed by atoms with E-state index in [0.29, 0.717) is 0 Å². The minimum atomic E-state index is 0.894. The van der Waals surface area contributed by atoms with E-state index >= 15 is 0 Å². The molecule has 0 spiro atoms.